The average Bonchev–Trinajstić information content (AvgIpc) is 3.31. The summed E-state index contributed by atoms with van der Waals surface area (Å²) >= 11 is 0. The van der Waals surface area contributed by atoms with E-state index in [1.54, 1.807) is 24.1 Å². The number of methoxy groups -OCH3 is 1. The lowest BCUT2D eigenvalue weighted by Gasteiger charge is -2.31. The maximum atomic E-state index is 13.2. The number of carbonyl (C=O) groups excluding carboxylic acids is 2. The van der Waals surface area contributed by atoms with Gasteiger partial charge in [0.05, 0.1) is 7.11 Å². The molecule has 2 aromatic rings. The molecule has 2 amide bonds. The van der Waals surface area contributed by atoms with Crippen LogP contribution < -0.4 is 14.8 Å². The van der Waals surface area contributed by atoms with Crippen molar-refractivity contribution in [3.8, 4) is 11.5 Å². The van der Waals surface area contributed by atoms with E-state index in [0.717, 1.165) is 31.2 Å². The van der Waals surface area contributed by atoms with Crippen molar-refractivity contribution in [2.24, 2.45) is 0 Å². The Kier molecular flexibility index (Phi) is 8.33. The van der Waals surface area contributed by atoms with Gasteiger partial charge in [0.2, 0.25) is 5.91 Å². The number of benzene rings is 2. The van der Waals surface area contributed by atoms with E-state index in [0.29, 0.717) is 24.5 Å². The Morgan fingerprint density at radius 2 is 1.68 bits per heavy atom. The minimum atomic E-state index is -0.547. The molecule has 2 aromatic carbocycles. The highest BCUT2D eigenvalue weighted by atomic mass is 16.5. The van der Waals surface area contributed by atoms with Gasteiger partial charge in [-0.1, -0.05) is 62.2 Å². The molecule has 0 aliphatic heterocycles. The lowest BCUT2D eigenvalue weighted by Crippen LogP contribution is -2.52. The smallest absolute Gasteiger partial charge is 0.261 e. The quantitative estimate of drug-likeness (QED) is 0.627. The number of nitrogens with one attached hydrogen (secondary N) is 1. The second kappa shape index (κ2) is 11.4. The van der Waals surface area contributed by atoms with Crippen LogP contribution in [0.15, 0.2) is 54.6 Å². The summed E-state index contributed by atoms with van der Waals surface area (Å²) in [6.07, 6.45) is 4.82. The van der Waals surface area contributed by atoms with Crippen molar-refractivity contribution in [2.75, 3.05) is 13.7 Å². The van der Waals surface area contributed by atoms with Crippen molar-refractivity contribution in [1.29, 1.82) is 0 Å². The molecule has 0 unspecified atom stereocenters. The summed E-state index contributed by atoms with van der Waals surface area (Å²) in [7, 11) is 1.56. The van der Waals surface area contributed by atoms with Crippen molar-refractivity contribution in [3.05, 3.63) is 60.2 Å². The minimum absolute atomic E-state index is 0.0871. The fourth-order valence-electron chi connectivity index (χ4n) is 4.03. The summed E-state index contributed by atoms with van der Waals surface area (Å²) < 4.78 is 11.1. The zero-order valence-corrected chi connectivity index (χ0v) is 18.4. The Balaban J connectivity index is 1.75. The number of hydrogen-bond donors (Lipinski definition) is 1. The molecule has 1 aliphatic carbocycles. The van der Waals surface area contributed by atoms with E-state index in [1.165, 1.54) is 0 Å². The van der Waals surface area contributed by atoms with Gasteiger partial charge in [-0.15, -0.1) is 0 Å². The SMILES string of the molecule is CC[C@H](C(=O)NC1CCCC1)N(Cc1ccccc1)C(=O)COc1ccccc1OC. The molecule has 0 heterocycles. The Labute approximate surface area is 184 Å². The van der Waals surface area contributed by atoms with Gasteiger partial charge in [-0.25, -0.2) is 0 Å². The third-order valence-electron chi connectivity index (χ3n) is 5.70. The van der Waals surface area contributed by atoms with Gasteiger partial charge in [-0.3, -0.25) is 9.59 Å². The van der Waals surface area contributed by atoms with E-state index in [9.17, 15) is 9.59 Å². The lowest BCUT2D eigenvalue weighted by atomic mass is 10.1. The van der Waals surface area contributed by atoms with Gasteiger partial charge in [0.25, 0.3) is 5.91 Å². The predicted molar refractivity (Wildman–Crippen MR) is 120 cm³/mol. The van der Waals surface area contributed by atoms with Crippen LogP contribution in [-0.2, 0) is 16.1 Å². The zero-order chi connectivity index (χ0) is 22.1. The van der Waals surface area contributed by atoms with Crippen molar-refractivity contribution < 1.29 is 19.1 Å². The molecule has 1 fully saturated rings. The fraction of sp³-hybridized carbons (Fsp3) is 0.440. The fourth-order valence-corrected chi connectivity index (χ4v) is 4.03. The summed E-state index contributed by atoms with van der Waals surface area (Å²) in [6, 6.07) is 16.6. The van der Waals surface area contributed by atoms with Gasteiger partial charge >= 0.3 is 0 Å². The van der Waals surface area contributed by atoms with Crippen LogP contribution in [0.2, 0.25) is 0 Å². The van der Waals surface area contributed by atoms with Crippen LogP contribution in [-0.4, -0.2) is 42.5 Å². The highest BCUT2D eigenvalue weighted by Crippen LogP contribution is 2.26. The maximum Gasteiger partial charge on any atom is 0.261 e. The number of amides is 2. The Morgan fingerprint density at radius 3 is 2.32 bits per heavy atom. The molecule has 1 atom stereocenters. The lowest BCUT2D eigenvalue weighted by molar-refractivity contribution is -0.143. The number of ether oxygens (including phenoxy) is 2. The van der Waals surface area contributed by atoms with E-state index in [-0.39, 0.29) is 24.5 Å². The molecule has 0 spiro atoms. The van der Waals surface area contributed by atoms with Crippen molar-refractivity contribution in [3.63, 3.8) is 0 Å². The summed E-state index contributed by atoms with van der Waals surface area (Å²) in [5.41, 5.74) is 0.972. The first-order valence-electron chi connectivity index (χ1n) is 11.0. The highest BCUT2D eigenvalue weighted by molar-refractivity contribution is 5.88. The number of carbonyl (C=O) groups is 2. The zero-order valence-electron chi connectivity index (χ0n) is 18.4. The monoisotopic (exact) mass is 424 g/mol. The van der Waals surface area contributed by atoms with Crippen LogP contribution in [0.5, 0.6) is 11.5 Å². The van der Waals surface area contributed by atoms with E-state index in [2.05, 4.69) is 5.32 Å². The van der Waals surface area contributed by atoms with E-state index in [1.807, 2.05) is 49.4 Å². The molecule has 31 heavy (non-hydrogen) atoms. The number of para-hydroxylation sites is 2. The summed E-state index contributed by atoms with van der Waals surface area (Å²) in [5.74, 6) is 0.747. The normalized spacial score (nSPS) is 14.6. The molecule has 0 aromatic heterocycles. The molecule has 6 heteroatoms. The van der Waals surface area contributed by atoms with Crippen LogP contribution in [0.4, 0.5) is 0 Å². The number of nitrogens with zero attached hydrogens (tertiary/aromatic N) is 1. The third-order valence-corrected chi connectivity index (χ3v) is 5.70. The summed E-state index contributed by atoms with van der Waals surface area (Å²) in [4.78, 5) is 28.0. The van der Waals surface area contributed by atoms with Gasteiger partial charge in [-0.05, 0) is 37.0 Å². The predicted octanol–water partition coefficient (Wildman–Crippen LogP) is 3.94. The molecule has 3 rings (SSSR count). The second-order valence-corrected chi connectivity index (χ2v) is 7.86. The topological polar surface area (TPSA) is 67.9 Å². The van der Waals surface area contributed by atoms with E-state index >= 15 is 0 Å². The Bertz CT molecular complexity index is 850. The molecular weight excluding hydrogens is 392 g/mol. The molecule has 1 N–H and O–H groups in total. The molecule has 1 saturated carbocycles. The molecular formula is C25H32N2O4. The van der Waals surface area contributed by atoms with Gasteiger partial charge in [0, 0.05) is 12.6 Å². The largest absolute Gasteiger partial charge is 0.493 e. The molecule has 0 saturated heterocycles. The van der Waals surface area contributed by atoms with Crippen molar-refractivity contribution >= 4 is 11.8 Å². The van der Waals surface area contributed by atoms with E-state index < -0.39 is 6.04 Å². The van der Waals surface area contributed by atoms with Gasteiger partial charge < -0.3 is 19.7 Å². The second-order valence-electron chi connectivity index (χ2n) is 7.86. The maximum absolute atomic E-state index is 13.2. The average molecular weight is 425 g/mol. The number of rotatable bonds is 10. The highest BCUT2D eigenvalue weighted by Gasteiger charge is 2.30. The summed E-state index contributed by atoms with van der Waals surface area (Å²) in [6.45, 7) is 2.12. The van der Waals surface area contributed by atoms with Crippen molar-refractivity contribution in [2.45, 2.75) is 57.7 Å². The molecule has 0 bridgehead atoms. The first-order chi connectivity index (χ1) is 15.1. The first kappa shape index (κ1) is 22.7. The Morgan fingerprint density at radius 1 is 1.03 bits per heavy atom. The summed E-state index contributed by atoms with van der Waals surface area (Å²) in [5, 5.41) is 3.15. The minimum Gasteiger partial charge on any atom is -0.493 e. The standard InChI is InChI=1S/C25H32N2O4/c1-3-21(25(29)26-20-13-7-8-14-20)27(17-19-11-5-4-6-12-19)24(28)18-31-23-16-10-9-15-22(23)30-2/h4-6,9-12,15-16,20-21H,3,7-8,13-14,17-18H2,1-2H3,(H,26,29)/t21-/m1/s1. The molecule has 6 nitrogen and oxygen atoms in total. The van der Waals surface area contributed by atoms with Crippen LogP contribution >= 0.6 is 0 Å². The van der Waals surface area contributed by atoms with Gasteiger partial charge in [-0.2, -0.15) is 0 Å². The van der Waals surface area contributed by atoms with Crippen LogP contribution in [0.1, 0.15) is 44.6 Å². The number of hydrogen-bond acceptors (Lipinski definition) is 4. The van der Waals surface area contributed by atoms with Gasteiger partial charge in [0.15, 0.2) is 18.1 Å². The first-order valence-corrected chi connectivity index (χ1v) is 11.0. The molecule has 1 aliphatic rings. The van der Waals surface area contributed by atoms with Crippen LogP contribution in [0, 0.1) is 0 Å². The molecule has 0 radical (unpaired) electrons. The van der Waals surface area contributed by atoms with Crippen LogP contribution in [0.25, 0.3) is 0 Å². The van der Waals surface area contributed by atoms with E-state index in [4.69, 9.17) is 9.47 Å². The van der Waals surface area contributed by atoms with Crippen LogP contribution in [0.3, 0.4) is 0 Å². The molecule has 166 valence electrons. The third kappa shape index (κ3) is 6.23. The van der Waals surface area contributed by atoms with Crippen molar-refractivity contribution in [1.82, 2.24) is 10.2 Å². The Hall–Kier alpha value is -3.02. The van der Waals surface area contributed by atoms with Gasteiger partial charge in [0.1, 0.15) is 6.04 Å².